The molecule has 10 saturated heterocycles. The van der Waals surface area contributed by atoms with Crippen LogP contribution < -0.4 is 21.3 Å². The van der Waals surface area contributed by atoms with E-state index < -0.39 is 0 Å². The first kappa shape index (κ1) is 107. The van der Waals surface area contributed by atoms with Crippen LogP contribution in [0.3, 0.4) is 0 Å². The molecule has 0 aromatic carbocycles. The molecule has 0 aromatic rings. The molecule has 80 heavy (non-hydrogen) atoms. The van der Waals surface area contributed by atoms with Crippen LogP contribution in [0.4, 0.5) is 0 Å². The standard InChI is InChI=1S/C9H15N3O2.2C7H14N3OP.C7H13N3O.C4H8N2O.C3H6NOP.C3H8O.9CH4.CH3.4Y/c1-7(13)12-4-8(5-12)11-3-2-10-9(14)6-11;2*11-7-5-9(2-1-8-7)6-3-10(12)4-6;11-7-5-10(2-1-9-7)6-3-8-4-6;7-4-3-5-1-2-6-4;5-3-1-4(6)2-3;1-3-4-2;;;;;;;;;;;;;;/h8H,2-6H2,1H3,(H,10,14);2*6H,1-5,12H2,(H,8,11);6,8H,1-5H2,(H,9,11);5H,1-3H2,(H,6,7);1-2,6H2;3H2,1-2H3;9*1H4;1H3;;;;/q;;;;;;;;;;;;;;;;-1;;;;/p-3. The fraction of sp³-hybridized carbons (Fsp3) is 0.840. The van der Waals surface area contributed by atoms with Crippen LogP contribution in [0, 0.1) is 7.43 Å². The normalized spacial score (nSPS) is 20.6. The van der Waals surface area contributed by atoms with E-state index in [0.717, 1.165) is 105 Å². The van der Waals surface area contributed by atoms with Gasteiger partial charge in [0.25, 0.3) is 0 Å². The van der Waals surface area contributed by atoms with E-state index in [1.807, 2.05) is 11.6 Å². The number of ketones is 1. The Morgan fingerprint density at radius 3 is 1.11 bits per heavy atom. The molecule has 0 spiro atoms. The Kier molecular flexibility index (Phi) is 79.6. The Morgan fingerprint density at radius 2 is 0.875 bits per heavy atom. The Balaban J connectivity index is -0.0000000767. The molecular formula is C50H114N15O8P3Y4-4. The summed E-state index contributed by atoms with van der Waals surface area (Å²) in [4.78, 5) is 85.8. The Hall–Kier alpha value is 1.80. The maximum absolute atomic E-state index is 11.0. The number of likely N-dealkylation sites (tertiary alicyclic amines) is 1. The molecule has 10 rings (SSSR count). The molecule has 10 aliphatic heterocycles. The molecule has 4 radical (unpaired) electrons. The van der Waals surface area contributed by atoms with Gasteiger partial charge in [-0.1, -0.05) is 95.0 Å². The zero-order chi connectivity index (χ0) is 48.0. The number of hydrogen-bond acceptors (Lipinski definition) is 17. The molecular weight excluding hydrogens is 1390 g/mol. The van der Waals surface area contributed by atoms with Crippen LogP contribution in [0.2, 0.25) is 0 Å². The molecule has 3 atom stereocenters. The monoisotopic (exact) mass is 1500 g/mol. The third-order valence-corrected chi connectivity index (χ3v) is 13.2. The maximum atomic E-state index is 11.0. The molecule has 6 amide bonds. The van der Waals surface area contributed by atoms with E-state index in [4.69, 9.17) is 0 Å². The van der Waals surface area contributed by atoms with Crippen LogP contribution in [-0.4, -0.2) is 281 Å². The molecule has 10 fully saturated rings. The summed E-state index contributed by atoms with van der Waals surface area (Å²) in [6.07, 6.45) is 0. The first-order chi connectivity index (χ1) is 31.6. The van der Waals surface area contributed by atoms with E-state index in [0.29, 0.717) is 95.4 Å². The van der Waals surface area contributed by atoms with Gasteiger partial charge in [0.15, 0.2) is 5.78 Å². The molecule has 0 saturated carbocycles. The number of Topliss-reactive ketones (excluding diaryl/α,β-unsaturated/α-hetero) is 1. The SMILES string of the molecule is C.C.C.C.C.C.C.C.C.CC(=O)N1CC(N2CC[N-]C(=O)C2)C1.CCOC.O=C1CN(C2CN(P)C2)CCN1.O=C1CN(C2CN(P)C2)CC[N-]1.O=C1CN(C2CNC2)CC[N-]1.O=C1CN(P)C1.O=C1CNCCN1.[CH3-].[Y].[Y].[Y].[Y]. The van der Waals surface area contributed by atoms with Crippen molar-refractivity contribution in [3.63, 3.8) is 0 Å². The van der Waals surface area contributed by atoms with Gasteiger partial charge in [-0.15, -0.1) is 19.6 Å². The zero-order valence-electron chi connectivity index (χ0n) is 42.4. The summed E-state index contributed by atoms with van der Waals surface area (Å²) in [5.74, 6) is 0.790. The number of amides is 6. The average molecular weight is 1500 g/mol. The predicted molar refractivity (Wildman–Crippen MR) is 329 cm³/mol. The molecule has 10 heterocycles. The smallest absolute Gasteiger partial charge is 0.234 e. The molecule has 10 aliphatic rings. The number of carbonyl (C=O) groups is 7. The maximum Gasteiger partial charge on any atom is 0.234 e. The fourth-order valence-corrected chi connectivity index (χ4v) is 8.98. The summed E-state index contributed by atoms with van der Waals surface area (Å²) in [6.45, 7) is 24.3. The Labute approximate surface area is 597 Å². The van der Waals surface area contributed by atoms with Crippen molar-refractivity contribution in [1.29, 1.82) is 0 Å². The summed E-state index contributed by atoms with van der Waals surface area (Å²) >= 11 is 0. The number of ether oxygens (including phenoxy) is 1. The number of nitrogens with one attached hydrogen (secondary N) is 4. The minimum Gasteiger partial charge on any atom is -0.651 e. The van der Waals surface area contributed by atoms with E-state index in [2.05, 4.69) is 99.1 Å². The van der Waals surface area contributed by atoms with Gasteiger partial charge in [0, 0.05) is 274 Å². The third kappa shape index (κ3) is 41.9. The molecule has 0 aromatic heterocycles. The second-order valence-electron chi connectivity index (χ2n) is 17.2. The summed E-state index contributed by atoms with van der Waals surface area (Å²) in [5.41, 5.74) is 0. The van der Waals surface area contributed by atoms with E-state index >= 15 is 0 Å². The first-order valence-electron chi connectivity index (χ1n) is 22.9. The summed E-state index contributed by atoms with van der Waals surface area (Å²) in [6, 6.07) is 2.16. The number of rotatable bonds is 5. The van der Waals surface area contributed by atoms with Gasteiger partial charge < -0.3 is 68.7 Å². The zero-order valence-corrected chi connectivity index (χ0v) is 57.2. The first-order valence-corrected chi connectivity index (χ1v) is 24.5. The predicted octanol–water partition coefficient (Wildman–Crippen LogP) is 2.36. The van der Waals surface area contributed by atoms with Gasteiger partial charge in [0.2, 0.25) is 17.7 Å². The van der Waals surface area contributed by atoms with Gasteiger partial charge in [-0.05, 0) is 26.6 Å². The molecule has 0 aliphatic carbocycles. The van der Waals surface area contributed by atoms with Crippen molar-refractivity contribution in [2.24, 2.45) is 0 Å². The van der Waals surface area contributed by atoms with Crippen molar-refractivity contribution in [2.45, 2.75) is 105 Å². The fourth-order valence-electron chi connectivity index (χ4n) is 7.60. The number of piperazine rings is 5. The van der Waals surface area contributed by atoms with Crippen LogP contribution in [0.15, 0.2) is 0 Å². The summed E-state index contributed by atoms with van der Waals surface area (Å²) in [7, 11) is 9.49. The van der Waals surface area contributed by atoms with E-state index in [-0.39, 0.29) is 241 Å². The van der Waals surface area contributed by atoms with E-state index in [9.17, 15) is 33.6 Å². The van der Waals surface area contributed by atoms with Crippen LogP contribution in [0.25, 0.3) is 16.0 Å². The van der Waals surface area contributed by atoms with Gasteiger partial charge in [-0.2, -0.15) is 0 Å². The van der Waals surface area contributed by atoms with E-state index in [1.165, 1.54) is 0 Å². The van der Waals surface area contributed by atoms with Crippen LogP contribution in [0.1, 0.15) is 80.7 Å². The molecule has 468 valence electrons. The number of carbonyl (C=O) groups excluding carboxylic acids is 7. The third-order valence-electron chi connectivity index (χ3n) is 12.0. The number of hydrogen-bond donors (Lipinski definition) is 4. The van der Waals surface area contributed by atoms with E-state index in [1.54, 1.807) is 18.9 Å². The van der Waals surface area contributed by atoms with Gasteiger partial charge in [0.1, 0.15) is 0 Å². The summed E-state index contributed by atoms with van der Waals surface area (Å²) in [5, 5.41) is 23.1. The second kappa shape index (κ2) is 59.7. The van der Waals surface area contributed by atoms with Gasteiger partial charge in [-0.25, -0.2) is 0 Å². The van der Waals surface area contributed by atoms with Crippen molar-refractivity contribution < 1.29 is 169 Å². The minimum atomic E-state index is -0.0301. The molecule has 0 bridgehead atoms. The second-order valence-corrected chi connectivity index (χ2v) is 19.4. The minimum absolute atomic E-state index is 0. The summed E-state index contributed by atoms with van der Waals surface area (Å²) < 4.78 is 10.8. The Morgan fingerprint density at radius 1 is 0.512 bits per heavy atom. The van der Waals surface area contributed by atoms with Crippen molar-refractivity contribution in [2.75, 3.05) is 177 Å². The quantitative estimate of drug-likeness (QED) is 0.228. The topological polar surface area (TPSA) is 245 Å². The molecule has 30 heteroatoms. The molecule has 23 nitrogen and oxygen atoms in total. The molecule has 3 unspecified atom stereocenters. The van der Waals surface area contributed by atoms with Crippen molar-refractivity contribution in [3.8, 4) is 0 Å². The van der Waals surface area contributed by atoms with Gasteiger partial charge >= 0.3 is 0 Å². The Bertz CT molecular complexity index is 1540. The van der Waals surface area contributed by atoms with Gasteiger partial charge in [0.05, 0.1) is 43.9 Å². The number of nitrogens with zero attached hydrogens (tertiary/aromatic N) is 11. The van der Waals surface area contributed by atoms with Crippen molar-refractivity contribution >= 4 is 69.4 Å². The van der Waals surface area contributed by atoms with Gasteiger partial charge in [-0.3, -0.25) is 52.8 Å². The number of methoxy groups -OCH3 is 1. The van der Waals surface area contributed by atoms with Crippen molar-refractivity contribution in [3.05, 3.63) is 23.4 Å². The average Bonchev–Trinajstić information content (AvgIpc) is 3.21. The van der Waals surface area contributed by atoms with Crippen molar-refractivity contribution in [1.82, 2.24) is 59.8 Å². The van der Waals surface area contributed by atoms with Crippen LogP contribution in [0.5, 0.6) is 0 Å². The van der Waals surface area contributed by atoms with Crippen LogP contribution >= 0.6 is 28.2 Å². The van der Waals surface area contributed by atoms with Crippen LogP contribution in [-0.2, 0) is 169 Å². The molecule has 4 N–H and O–H groups in total. The largest absolute Gasteiger partial charge is 0.651 e.